The van der Waals surface area contributed by atoms with Crippen LogP contribution in [0.3, 0.4) is 0 Å². The molecule has 0 atom stereocenters. The summed E-state index contributed by atoms with van der Waals surface area (Å²) in [7, 11) is 0. The third-order valence-corrected chi connectivity index (χ3v) is 4.44. The van der Waals surface area contributed by atoms with Gasteiger partial charge in [-0.2, -0.15) is 0 Å². The summed E-state index contributed by atoms with van der Waals surface area (Å²) in [5, 5.41) is 17.9. The van der Waals surface area contributed by atoms with E-state index in [1.807, 2.05) is 0 Å². The summed E-state index contributed by atoms with van der Waals surface area (Å²) in [5.41, 5.74) is 6.00. The van der Waals surface area contributed by atoms with Crippen LogP contribution in [0.2, 0.25) is 0 Å². The predicted molar refractivity (Wildman–Crippen MR) is 97.4 cm³/mol. The van der Waals surface area contributed by atoms with Crippen molar-refractivity contribution in [3.05, 3.63) is 33.9 Å². The van der Waals surface area contributed by atoms with Crippen LogP contribution in [0.1, 0.15) is 47.5 Å². The van der Waals surface area contributed by atoms with Gasteiger partial charge in [0.1, 0.15) is 0 Å². The molecule has 0 saturated heterocycles. The standard InChI is InChI=1S/C18H26ClNO5/c1-6-12(15(19)21)14(9-10(2)16(22)23)18(4,5)13(7-8-20)11(3)17(24)25/h9H,6-8,20H2,1-5H3,(H,22,23)(H,24,25). The van der Waals surface area contributed by atoms with E-state index < -0.39 is 22.6 Å². The fourth-order valence-corrected chi connectivity index (χ4v) is 3.00. The lowest BCUT2D eigenvalue weighted by Crippen LogP contribution is -2.25. The quantitative estimate of drug-likeness (QED) is 0.325. The average molecular weight is 372 g/mol. The number of rotatable bonds is 9. The Morgan fingerprint density at radius 2 is 1.64 bits per heavy atom. The van der Waals surface area contributed by atoms with Crippen molar-refractivity contribution < 1.29 is 24.6 Å². The Hall–Kier alpha value is -1.92. The van der Waals surface area contributed by atoms with Crippen molar-refractivity contribution in [1.29, 1.82) is 0 Å². The molecule has 4 N–H and O–H groups in total. The molecule has 140 valence electrons. The zero-order valence-electron chi connectivity index (χ0n) is 15.3. The summed E-state index contributed by atoms with van der Waals surface area (Å²) >= 11 is 5.70. The smallest absolute Gasteiger partial charge is 0.331 e. The number of carbonyl (C=O) groups excluding carboxylic acids is 1. The number of carboxylic acids is 2. The summed E-state index contributed by atoms with van der Waals surface area (Å²) in [6.45, 7) is 8.29. The van der Waals surface area contributed by atoms with Crippen LogP contribution >= 0.6 is 11.6 Å². The van der Waals surface area contributed by atoms with E-state index in [-0.39, 0.29) is 29.7 Å². The highest BCUT2D eigenvalue weighted by molar-refractivity contribution is 6.67. The lowest BCUT2D eigenvalue weighted by atomic mass is 9.71. The van der Waals surface area contributed by atoms with Crippen LogP contribution in [0.15, 0.2) is 33.9 Å². The van der Waals surface area contributed by atoms with Crippen molar-refractivity contribution in [3.63, 3.8) is 0 Å². The van der Waals surface area contributed by atoms with Crippen molar-refractivity contribution in [2.75, 3.05) is 6.54 Å². The zero-order valence-corrected chi connectivity index (χ0v) is 16.0. The van der Waals surface area contributed by atoms with E-state index in [0.29, 0.717) is 17.6 Å². The van der Waals surface area contributed by atoms with Gasteiger partial charge in [0.25, 0.3) is 0 Å². The molecule has 0 radical (unpaired) electrons. The lowest BCUT2D eigenvalue weighted by Gasteiger charge is -2.33. The normalized spacial score (nSPS) is 14.6. The first-order valence-electron chi connectivity index (χ1n) is 7.90. The molecule has 6 nitrogen and oxygen atoms in total. The van der Waals surface area contributed by atoms with Gasteiger partial charge in [-0.15, -0.1) is 0 Å². The first-order valence-corrected chi connectivity index (χ1v) is 8.28. The molecule has 0 aromatic rings. The maximum atomic E-state index is 11.9. The average Bonchev–Trinajstić information content (AvgIpc) is 2.50. The molecule has 0 aromatic carbocycles. The Balaban J connectivity index is 6.86. The Morgan fingerprint density at radius 1 is 1.12 bits per heavy atom. The molecular weight excluding hydrogens is 346 g/mol. The highest BCUT2D eigenvalue weighted by Gasteiger charge is 2.33. The number of nitrogens with two attached hydrogens (primary N) is 1. The second-order valence-electron chi connectivity index (χ2n) is 6.22. The monoisotopic (exact) mass is 371 g/mol. The second kappa shape index (κ2) is 9.53. The molecule has 7 heteroatoms. The summed E-state index contributed by atoms with van der Waals surface area (Å²) < 4.78 is 0. The van der Waals surface area contributed by atoms with Gasteiger partial charge in [-0.25, -0.2) is 9.59 Å². The maximum absolute atomic E-state index is 11.9. The molecule has 0 spiro atoms. The van der Waals surface area contributed by atoms with E-state index in [4.69, 9.17) is 17.3 Å². The van der Waals surface area contributed by atoms with Crippen molar-refractivity contribution >= 4 is 28.8 Å². The molecule has 0 amide bonds. The van der Waals surface area contributed by atoms with E-state index in [1.54, 1.807) is 20.8 Å². The van der Waals surface area contributed by atoms with E-state index in [9.17, 15) is 24.6 Å². The van der Waals surface area contributed by atoms with Crippen LogP contribution < -0.4 is 5.73 Å². The summed E-state index contributed by atoms with van der Waals surface area (Å²) in [5.74, 6) is -2.23. The number of carbonyl (C=O) groups is 3. The van der Waals surface area contributed by atoms with Crippen molar-refractivity contribution in [3.8, 4) is 0 Å². The van der Waals surface area contributed by atoms with Gasteiger partial charge in [0.15, 0.2) is 0 Å². The summed E-state index contributed by atoms with van der Waals surface area (Å²) in [4.78, 5) is 34.6. The molecular formula is C18H26ClNO5. The van der Waals surface area contributed by atoms with Crippen molar-refractivity contribution in [2.24, 2.45) is 11.1 Å². The van der Waals surface area contributed by atoms with E-state index in [1.165, 1.54) is 19.9 Å². The Bertz CT molecular complexity index is 656. The first kappa shape index (κ1) is 23.1. The molecule has 0 rings (SSSR count). The SMILES string of the molecule is CCC(C(=O)Cl)=C(C=C(C)C(=O)O)C(C)(C)C(CCN)=C(C)C(=O)O. The molecule has 0 aliphatic carbocycles. The Labute approximate surface area is 153 Å². The topological polar surface area (TPSA) is 118 Å². The Kier molecular flexibility index (Phi) is 8.80. The van der Waals surface area contributed by atoms with Crippen molar-refractivity contribution in [1.82, 2.24) is 0 Å². The van der Waals surface area contributed by atoms with Crippen molar-refractivity contribution in [2.45, 2.75) is 47.5 Å². The van der Waals surface area contributed by atoms with Crippen LogP contribution in [0.4, 0.5) is 0 Å². The highest BCUT2D eigenvalue weighted by atomic mass is 35.5. The van der Waals surface area contributed by atoms with Gasteiger partial charge in [0.2, 0.25) is 5.24 Å². The largest absolute Gasteiger partial charge is 0.478 e. The van der Waals surface area contributed by atoms with Crippen LogP contribution in [-0.2, 0) is 14.4 Å². The van der Waals surface area contributed by atoms with E-state index in [2.05, 4.69) is 0 Å². The molecule has 0 heterocycles. The van der Waals surface area contributed by atoms with Gasteiger partial charge in [-0.1, -0.05) is 20.8 Å². The van der Waals surface area contributed by atoms with Crippen LogP contribution in [-0.4, -0.2) is 33.9 Å². The summed E-state index contributed by atoms with van der Waals surface area (Å²) in [6.07, 6.45) is 1.96. The highest BCUT2D eigenvalue weighted by Crippen LogP contribution is 2.42. The fourth-order valence-electron chi connectivity index (χ4n) is 2.76. The molecule has 0 bridgehead atoms. The molecule has 0 aliphatic heterocycles. The minimum absolute atomic E-state index is 0.0204. The van der Waals surface area contributed by atoms with Crippen LogP contribution in [0.5, 0.6) is 0 Å². The van der Waals surface area contributed by atoms with Crippen LogP contribution in [0.25, 0.3) is 0 Å². The van der Waals surface area contributed by atoms with E-state index >= 15 is 0 Å². The second-order valence-corrected chi connectivity index (χ2v) is 6.57. The molecule has 0 fully saturated rings. The van der Waals surface area contributed by atoms with Gasteiger partial charge in [-0.05, 0) is 62.1 Å². The van der Waals surface area contributed by atoms with E-state index in [0.717, 1.165) is 0 Å². The Morgan fingerprint density at radius 3 is 1.96 bits per heavy atom. The third kappa shape index (κ3) is 5.83. The number of hydrogen-bond acceptors (Lipinski definition) is 4. The number of allylic oxidation sites excluding steroid dienone is 3. The molecule has 25 heavy (non-hydrogen) atoms. The first-order chi connectivity index (χ1) is 11.4. The van der Waals surface area contributed by atoms with Gasteiger partial charge < -0.3 is 15.9 Å². The lowest BCUT2D eigenvalue weighted by molar-refractivity contribution is -0.133. The maximum Gasteiger partial charge on any atom is 0.331 e. The number of hydrogen-bond donors (Lipinski definition) is 3. The van der Waals surface area contributed by atoms with Gasteiger partial charge in [-0.3, -0.25) is 4.79 Å². The number of halogens is 1. The number of carboxylic acid groups (broad SMARTS) is 2. The van der Waals surface area contributed by atoms with Gasteiger partial charge >= 0.3 is 11.9 Å². The molecule has 0 aliphatic rings. The summed E-state index contributed by atoms with van der Waals surface area (Å²) in [6, 6.07) is 0. The molecule has 0 saturated carbocycles. The third-order valence-electron chi connectivity index (χ3n) is 4.21. The predicted octanol–water partition coefficient (Wildman–Crippen LogP) is 3.27. The van der Waals surface area contributed by atoms with Gasteiger partial charge in [0.05, 0.1) is 0 Å². The number of aliphatic carboxylic acids is 2. The minimum atomic E-state index is -1.13. The molecule has 0 aromatic heterocycles. The minimum Gasteiger partial charge on any atom is -0.478 e. The fraction of sp³-hybridized carbons (Fsp3) is 0.500. The van der Waals surface area contributed by atoms with Crippen LogP contribution in [0, 0.1) is 5.41 Å². The zero-order chi connectivity index (χ0) is 19.9. The molecule has 0 unspecified atom stereocenters. The van der Waals surface area contributed by atoms with Gasteiger partial charge in [0, 0.05) is 22.1 Å².